The normalized spacial score (nSPS) is 20.8. The first-order valence-electron chi connectivity index (χ1n) is 7.17. The molecular formula is C16H20N2O3. The highest BCUT2D eigenvalue weighted by Crippen LogP contribution is 2.42. The van der Waals surface area contributed by atoms with Crippen LogP contribution in [-0.4, -0.2) is 22.0 Å². The molecular weight excluding hydrogens is 268 g/mol. The molecule has 5 heteroatoms. The largest absolute Gasteiger partial charge is 0.497 e. The van der Waals surface area contributed by atoms with Crippen LogP contribution in [0.5, 0.6) is 11.5 Å². The first-order chi connectivity index (χ1) is 10.1. The second-order valence-corrected chi connectivity index (χ2v) is 5.32. The minimum absolute atomic E-state index is 0.178. The Morgan fingerprint density at radius 1 is 1.43 bits per heavy atom. The van der Waals surface area contributed by atoms with Gasteiger partial charge in [0.25, 0.3) is 0 Å². The third-order valence-corrected chi connectivity index (χ3v) is 3.91. The Labute approximate surface area is 124 Å². The Balaban J connectivity index is 1.96. The molecule has 0 amide bonds. The van der Waals surface area contributed by atoms with Gasteiger partial charge in [0.2, 0.25) is 0 Å². The molecule has 2 heterocycles. The Bertz CT molecular complexity index is 651. The van der Waals surface area contributed by atoms with Crippen LogP contribution in [0.4, 0.5) is 0 Å². The smallest absolute Gasteiger partial charge is 0.130 e. The first kappa shape index (κ1) is 13.9. The van der Waals surface area contributed by atoms with E-state index < -0.39 is 6.10 Å². The molecule has 0 spiro atoms. The second-order valence-electron chi connectivity index (χ2n) is 5.32. The van der Waals surface area contributed by atoms with Gasteiger partial charge in [-0.1, -0.05) is 6.92 Å². The van der Waals surface area contributed by atoms with Crippen LogP contribution in [0.1, 0.15) is 42.4 Å². The summed E-state index contributed by atoms with van der Waals surface area (Å²) in [5.41, 5.74) is 2.88. The van der Waals surface area contributed by atoms with Gasteiger partial charge in [-0.15, -0.1) is 0 Å². The highest BCUT2D eigenvalue weighted by molar-refractivity contribution is 5.44. The molecule has 1 aliphatic rings. The zero-order chi connectivity index (χ0) is 15.0. The predicted octanol–water partition coefficient (Wildman–Crippen LogP) is 2.55. The quantitative estimate of drug-likeness (QED) is 0.943. The van der Waals surface area contributed by atoms with E-state index in [1.165, 1.54) is 0 Å². The monoisotopic (exact) mass is 288 g/mol. The van der Waals surface area contributed by atoms with Crippen molar-refractivity contribution < 1.29 is 14.6 Å². The standard InChI is InChI=1S/C16H20N2O3/c1-4-13-12(9-18(2)17-13)16-8-14(19)11-6-5-10(20-3)7-15(11)21-16/h5-7,9,14,16,19H,4,8H2,1-3H3/t14-,16?/m1/s1. The van der Waals surface area contributed by atoms with Crippen LogP contribution in [0, 0.1) is 0 Å². The molecule has 1 aromatic carbocycles. The molecule has 5 nitrogen and oxygen atoms in total. The molecule has 1 aromatic heterocycles. The zero-order valence-corrected chi connectivity index (χ0v) is 12.5. The average molecular weight is 288 g/mol. The van der Waals surface area contributed by atoms with Crippen LogP contribution in [0.3, 0.4) is 0 Å². The van der Waals surface area contributed by atoms with E-state index in [9.17, 15) is 5.11 Å². The van der Waals surface area contributed by atoms with Crippen molar-refractivity contribution in [3.63, 3.8) is 0 Å². The molecule has 21 heavy (non-hydrogen) atoms. The number of hydrogen-bond donors (Lipinski definition) is 1. The summed E-state index contributed by atoms with van der Waals surface area (Å²) in [6, 6.07) is 5.53. The SMILES string of the molecule is CCc1nn(C)cc1C1C[C@@H](O)c2ccc(OC)cc2O1. The first-order valence-corrected chi connectivity index (χ1v) is 7.17. The van der Waals surface area contributed by atoms with Gasteiger partial charge in [0.1, 0.15) is 17.6 Å². The Kier molecular flexibility index (Phi) is 3.59. The van der Waals surface area contributed by atoms with E-state index in [1.807, 2.05) is 31.4 Å². The fraction of sp³-hybridized carbons (Fsp3) is 0.438. The van der Waals surface area contributed by atoms with E-state index in [0.29, 0.717) is 12.2 Å². The lowest BCUT2D eigenvalue weighted by Crippen LogP contribution is -2.19. The highest BCUT2D eigenvalue weighted by Gasteiger charge is 2.30. The molecule has 2 atom stereocenters. The fourth-order valence-corrected chi connectivity index (χ4v) is 2.84. The number of aliphatic hydroxyl groups is 1. The molecule has 1 aliphatic heterocycles. The van der Waals surface area contributed by atoms with Gasteiger partial charge in [-0.05, 0) is 18.6 Å². The topological polar surface area (TPSA) is 56.5 Å². The summed E-state index contributed by atoms with van der Waals surface area (Å²) < 4.78 is 13.1. The molecule has 0 radical (unpaired) electrons. The Hall–Kier alpha value is -2.01. The number of aryl methyl sites for hydroxylation is 2. The number of aromatic nitrogens is 2. The van der Waals surface area contributed by atoms with Crippen LogP contribution >= 0.6 is 0 Å². The molecule has 3 rings (SSSR count). The minimum atomic E-state index is -0.533. The van der Waals surface area contributed by atoms with E-state index in [0.717, 1.165) is 29.0 Å². The molecule has 0 fully saturated rings. The third-order valence-electron chi connectivity index (χ3n) is 3.91. The Morgan fingerprint density at radius 3 is 2.95 bits per heavy atom. The zero-order valence-electron chi connectivity index (χ0n) is 12.5. The minimum Gasteiger partial charge on any atom is -0.497 e. The van der Waals surface area contributed by atoms with Gasteiger partial charge in [-0.3, -0.25) is 4.68 Å². The summed E-state index contributed by atoms with van der Waals surface area (Å²) in [5, 5.41) is 14.8. The molecule has 112 valence electrons. The van der Waals surface area contributed by atoms with Crippen molar-refractivity contribution in [1.29, 1.82) is 0 Å². The molecule has 0 saturated carbocycles. The number of ether oxygens (including phenoxy) is 2. The van der Waals surface area contributed by atoms with Gasteiger partial charge in [0.15, 0.2) is 0 Å². The summed E-state index contributed by atoms with van der Waals surface area (Å²) in [6.07, 6.45) is 2.65. The van der Waals surface area contributed by atoms with Gasteiger partial charge >= 0.3 is 0 Å². The van der Waals surface area contributed by atoms with Crippen molar-refractivity contribution in [2.75, 3.05) is 7.11 Å². The van der Waals surface area contributed by atoms with E-state index >= 15 is 0 Å². The number of benzene rings is 1. The number of rotatable bonds is 3. The Morgan fingerprint density at radius 2 is 2.24 bits per heavy atom. The summed E-state index contributed by atoms with van der Waals surface area (Å²) in [6.45, 7) is 2.07. The van der Waals surface area contributed by atoms with Crippen molar-refractivity contribution in [1.82, 2.24) is 9.78 Å². The third kappa shape index (κ3) is 2.49. The van der Waals surface area contributed by atoms with Crippen molar-refractivity contribution >= 4 is 0 Å². The number of aliphatic hydroxyl groups excluding tert-OH is 1. The van der Waals surface area contributed by atoms with E-state index in [-0.39, 0.29) is 6.10 Å². The number of fused-ring (bicyclic) bond motifs is 1. The van der Waals surface area contributed by atoms with Crippen LogP contribution in [-0.2, 0) is 13.5 Å². The van der Waals surface area contributed by atoms with Crippen LogP contribution in [0.15, 0.2) is 24.4 Å². The fourth-order valence-electron chi connectivity index (χ4n) is 2.84. The lowest BCUT2D eigenvalue weighted by atomic mass is 9.94. The molecule has 2 aromatic rings. The van der Waals surface area contributed by atoms with Crippen molar-refractivity contribution in [2.24, 2.45) is 7.05 Å². The lowest BCUT2D eigenvalue weighted by molar-refractivity contribution is 0.0651. The van der Waals surface area contributed by atoms with Crippen LogP contribution in [0.2, 0.25) is 0 Å². The van der Waals surface area contributed by atoms with E-state index in [4.69, 9.17) is 9.47 Å². The molecule has 1 N–H and O–H groups in total. The second kappa shape index (κ2) is 5.41. The van der Waals surface area contributed by atoms with Crippen molar-refractivity contribution in [2.45, 2.75) is 32.0 Å². The average Bonchev–Trinajstić information content (AvgIpc) is 2.87. The van der Waals surface area contributed by atoms with Crippen molar-refractivity contribution in [3.8, 4) is 11.5 Å². The number of hydrogen-bond acceptors (Lipinski definition) is 4. The van der Waals surface area contributed by atoms with E-state index in [2.05, 4.69) is 12.0 Å². The van der Waals surface area contributed by atoms with Gasteiger partial charge < -0.3 is 14.6 Å². The summed E-state index contributed by atoms with van der Waals surface area (Å²) in [4.78, 5) is 0. The van der Waals surface area contributed by atoms with E-state index in [1.54, 1.807) is 11.8 Å². The number of methoxy groups -OCH3 is 1. The molecule has 1 unspecified atom stereocenters. The lowest BCUT2D eigenvalue weighted by Gasteiger charge is -2.29. The van der Waals surface area contributed by atoms with Crippen LogP contribution in [0.25, 0.3) is 0 Å². The highest BCUT2D eigenvalue weighted by atomic mass is 16.5. The number of nitrogens with zero attached hydrogens (tertiary/aromatic N) is 2. The maximum absolute atomic E-state index is 10.4. The maximum atomic E-state index is 10.4. The summed E-state index contributed by atoms with van der Waals surface area (Å²) >= 11 is 0. The molecule has 0 saturated heterocycles. The predicted molar refractivity (Wildman–Crippen MR) is 78.5 cm³/mol. The van der Waals surface area contributed by atoms with Crippen LogP contribution < -0.4 is 9.47 Å². The maximum Gasteiger partial charge on any atom is 0.130 e. The van der Waals surface area contributed by atoms with Gasteiger partial charge in [0, 0.05) is 36.9 Å². The molecule has 0 bridgehead atoms. The van der Waals surface area contributed by atoms with Gasteiger partial charge in [-0.2, -0.15) is 5.10 Å². The summed E-state index contributed by atoms with van der Waals surface area (Å²) in [5.74, 6) is 1.41. The van der Waals surface area contributed by atoms with Gasteiger partial charge in [-0.25, -0.2) is 0 Å². The van der Waals surface area contributed by atoms with Crippen molar-refractivity contribution in [3.05, 3.63) is 41.2 Å². The molecule has 0 aliphatic carbocycles. The van der Waals surface area contributed by atoms with Gasteiger partial charge in [0.05, 0.1) is 18.9 Å². The summed E-state index contributed by atoms with van der Waals surface area (Å²) in [7, 11) is 3.52.